The predicted octanol–water partition coefficient (Wildman–Crippen LogP) is 8.89. The summed E-state index contributed by atoms with van der Waals surface area (Å²) in [4.78, 5) is 5.11. The smallest absolute Gasteiger partial charge is 0.105 e. The summed E-state index contributed by atoms with van der Waals surface area (Å²) in [6.07, 6.45) is 27.3. The standard InChI is InChI=1S/C28H48N2/c1-3-5-7-9-11-12-13-15-20-24-29-25-26-30(27-21-17-16-18-22-27)28(29)23-19-14-10-8-6-4-2/h16-18,21-22,25-26,28H,3-15,19-20,23-24H2,1-2H3. The summed E-state index contributed by atoms with van der Waals surface area (Å²) in [5, 5.41) is 0. The Bertz CT molecular complexity index is 539. The van der Waals surface area contributed by atoms with Crippen LogP contribution in [0, 0.1) is 0 Å². The van der Waals surface area contributed by atoms with Gasteiger partial charge in [0, 0.05) is 24.6 Å². The van der Waals surface area contributed by atoms with Gasteiger partial charge in [0.05, 0.1) is 0 Å². The van der Waals surface area contributed by atoms with E-state index in [4.69, 9.17) is 0 Å². The van der Waals surface area contributed by atoms with Crippen LogP contribution < -0.4 is 4.90 Å². The van der Waals surface area contributed by atoms with Crippen molar-refractivity contribution in [3.05, 3.63) is 42.7 Å². The summed E-state index contributed by atoms with van der Waals surface area (Å²) in [5.74, 6) is 0. The van der Waals surface area contributed by atoms with E-state index < -0.39 is 0 Å². The first-order valence-corrected chi connectivity index (χ1v) is 13.1. The molecule has 0 saturated heterocycles. The average molecular weight is 413 g/mol. The first-order valence-electron chi connectivity index (χ1n) is 13.1. The number of unbranched alkanes of at least 4 members (excludes halogenated alkanes) is 13. The van der Waals surface area contributed by atoms with Gasteiger partial charge in [-0.2, -0.15) is 0 Å². The molecule has 1 aliphatic heterocycles. The fourth-order valence-electron chi connectivity index (χ4n) is 4.61. The number of anilines is 1. The van der Waals surface area contributed by atoms with E-state index >= 15 is 0 Å². The molecule has 0 bridgehead atoms. The van der Waals surface area contributed by atoms with Crippen LogP contribution in [0.4, 0.5) is 5.69 Å². The molecule has 0 spiro atoms. The molecule has 30 heavy (non-hydrogen) atoms. The summed E-state index contributed by atoms with van der Waals surface area (Å²) in [7, 11) is 0. The van der Waals surface area contributed by atoms with Gasteiger partial charge < -0.3 is 9.80 Å². The predicted molar refractivity (Wildman–Crippen MR) is 134 cm³/mol. The van der Waals surface area contributed by atoms with Gasteiger partial charge in [0.1, 0.15) is 6.17 Å². The molecule has 0 aliphatic carbocycles. The molecule has 0 radical (unpaired) electrons. The lowest BCUT2D eigenvalue weighted by atomic mass is 10.1. The molecule has 1 aromatic carbocycles. The first kappa shape index (κ1) is 24.8. The molecule has 0 fully saturated rings. The minimum Gasteiger partial charge on any atom is -0.356 e. The normalized spacial score (nSPS) is 16.0. The summed E-state index contributed by atoms with van der Waals surface area (Å²) in [6.45, 7) is 5.80. The Morgan fingerprint density at radius 2 is 1.13 bits per heavy atom. The highest BCUT2D eigenvalue weighted by atomic mass is 15.4. The van der Waals surface area contributed by atoms with Crippen molar-refractivity contribution in [2.75, 3.05) is 11.4 Å². The molecule has 1 unspecified atom stereocenters. The van der Waals surface area contributed by atoms with E-state index in [1.807, 2.05) is 0 Å². The second kappa shape index (κ2) is 16.3. The second-order valence-electron chi connectivity index (χ2n) is 9.14. The van der Waals surface area contributed by atoms with Gasteiger partial charge >= 0.3 is 0 Å². The molecular formula is C28H48N2. The van der Waals surface area contributed by atoms with Crippen LogP contribution in [0.1, 0.15) is 117 Å². The van der Waals surface area contributed by atoms with Crippen molar-refractivity contribution in [2.45, 2.75) is 123 Å². The summed E-state index contributed by atoms with van der Waals surface area (Å²) in [5.41, 5.74) is 1.33. The molecule has 1 atom stereocenters. The molecule has 2 rings (SSSR count). The Kier molecular flexibility index (Phi) is 13.5. The zero-order chi connectivity index (χ0) is 21.3. The lowest BCUT2D eigenvalue weighted by Gasteiger charge is -2.33. The van der Waals surface area contributed by atoms with Crippen LogP contribution in [0.2, 0.25) is 0 Å². The third kappa shape index (κ3) is 9.58. The minimum absolute atomic E-state index is 0.507. The minimum atomic E-state index is 0.507. The lowest BCUT2D eigenvalue weighted by Crippen LogP contribution is -2.39. The number of benzene rings is 1. The van der Waals surface area contributed by atoms with Gasteiger partial charge in [0.15, 0.2) is 0 Å². The zero-order valence-corrected chi connectivity index (χ0v) is 20.0. The monoisotopic (exact) mass is 412 g/mol. The number of nitrogens with zero attached hydrogens (tertiary/aromatic N) is 2. The Labute approximate surface area is 187 Å². The SMILES string of the molecule is CCCCCCCCCCCN1C=CN(c2ccccc2)C1CCCCCCCC. The van der Waals surface area contributed by atoms with Crippen molar-refractivity contribution in [3.63, 3.8) is 0 Å². The number of rotatable bonds is 18. The third-order valence-electron chi connectivity index (χ3n) is 6.51. The van der Waals surface area contributed by atoms with Crippen LogP contribution in [-0.4, -0.2) is 17.6 Å². The molecular weight excluding hydrogens is 364 g/mol. The van der Waals surface area contributed by atoms with E-state index in [0.29, 0.717) is 6.17 Å². The number of para-hydroxylation sites is 1. The fourth-order valence-corrected chi connectivity index (χ4v) is 4.61. The van der Waals surface area contributed by atoms with Crippen molar-refractivity contribution in [1.82, 2.24) is 4.90 Å². The average Bonchev–Trinajstić information content (AvgIpc) is 3.18. The van der Waals surface area contributed by atoms with Crippen molar-refractivity contribution in [2.24, 2.45) is 0 Å². The molecule has 1 aromatic rings. The van der Waals surface area contributed by atoms with E-state index in [-0.39, 0.29) is 0 Å². The van der Waals surface area contributed by atoms with Gasteiger partial charge in [-0.25, -0.2) is 0 Å². The van der Waals surface area contributed by atoms with Crippen LogP contribution >= 0.6 is 0 Å². The quantitative estimate of drug-likeness (QED) is 0.222. The van der Waals surface area contributed by atoms with E-state index in [1.54, 1.807) is 0 Å². The Hall–Kier alpha value is -1.44. The van der Waals surface area contributed by atoms with Crippen LogP contribution in [0.3, 0.4) is 0 Å². The van der Waals surface area contributed by atoms with Crippen molar-refractivity contribution in [3.8, 4) is 0 Å². The zero-order valence-electron chi connectivity index (χ0n) is 20.0. The summed E-state index contributed by atoms with van der Waals surface area (Å²) >= 11 is 0. The molecule has 2 heteroatoms. The van der Waals surface area contributed by atoms with Crippen molar-refractivity contribution < 1.29 is 0 Å². The fraction of sp³-hybridized carbons (Fsp3) is 0.714. The van der Waals surface area contributed by atoms with Crippen LogP contribution in [0.15, 0.2) is 42.7 Å². The summed E-state index contributed by atoms with van der Waals surface area (Å²) in [6, 6.07) is 10.9. The maximum atomic E-state index is 2.61. The first-order chi connectivity index (χ1) is 14.9. The van der Waals surface area contributed by atoms with E-state index in [0.717, 1.165) is 0 Å². The van der Waals surface area contributed by atoms with Crippen LogP contribution in [-0.2, 0) is 0 Å². The molecule has 1 aliphatic rings. The lowest BCUT2D eigenvalue weighted by molar-refractivity contribution is 0.273. The highest BCUT2D eigenvalue weighted by molar-refractivity contribution is 5.51. The number of hydrogen-bond donors (Lipinski definition) is 0. The van der Waals surface area contributed by atoms with Gasteiger partial charge in [-0.15, -0.1) is 0 Å². The van der Waals surface area contributed by atoms with Gasteiger partial charge in [-0.1, -0.05) is 116 Å². The van der Waals surface area contributed by atoms with E-state index in [1.165, 1.54) is 115 Å². The maximum Gasteiger partial charge on any atom is 0.105 e. The Balaban J connectivity index is 1.71. The van der Waals surface area contributed by atoms with E-state index in [9.17, 15) is 0 Å². The van der Waals surface area contributed by atoms with Gasteiger partial charge in [0.25, 0.3) is 0 Å². The Morgan fingerprint density at radius 1 is 0.600 bits per heavy atom. The molecule has 0 saturated carbocycles. The van der Waals surface area contributed by atoms with Gasteiger partial charge in [-0.05, 0) is 31.4 Å². The second-order valence-corrected chi connectivity index (χ2v) is 9.14. The highest BCUT2D eigenvalue weighted by Gasteiger charge is 2.26. The molecule has 1 heterocycles. The Morgan fingerprint density at radius 3 is 1.73 bits per heavy atom. The molecule has 0 amide bonds. The molecule has 0 aromatic heterocycles. The topological polar surface area (TPSA) is 6.48 Å². The molecule has 2 nitrogen and oxygen atoms in total. The third-order valence-corrected chi connectivity index (χ3v) is 6.51. The molecule has 170 valence electrons. The van der Waals surface area contributed by atoms with Gasteiger partial charge in [-0.3, -0.25) is 0 Å². The highest BCUT2D eigenvalue weighted by Crippen LogP contribution is 2.28. The van der Waals surface area contributed by atoms with Gasteiger partial charge in [0.2, 0.25) is 0 Å². The van der Waals surface area contributed by atoms with Crippen molar-refractivity contribution in [1.29, 1.82) is 0 Å². The van der Waals surface area contributed by atoms with E-state index in [2.05, 4.69) is 66.4 Å². The maximum absolute atomic E-state index is 2.61. The van der Waals surface area contributed by atoms with Crippen LogP contribution in [0.25, 0.3) is 0 Å². The number of hydrogen-bond acceptors (Lipinski definition) is 2. The van der Waals surface area contributed by atoms with Crippen LogP contribution in [0.5, 0.6) is 0 Å². The largest absolute Gasteiger partial charge is 0.356 e. The molecule has 0 N–H and O–H groups in total. The summed E-state index contributed by atoms with van der Waals surface area (Å²) < 4.78 is 0. The van der Waals surface area contributed by atoms with Crippen molar-refractivity contribution >= 4 is 5.69 Å².